The third-order valence-corrected chi connectivity index (χ3v) is 2.69. The minimum Gasteiger partial charge on any atom is -0.359 e. The van der Waals surface area contributed by atoms with Gasteiger partial charge < -0.3 is 11.1 Å². The number of carbonyl (C=O) groups is 2. The fraction of sp³-hybridized carbons (Fsp3) is 0.385. The van der Waals surface area contributed by atoms with Gasteiger partial charge in [-0.05, 0) is 17.7 Å². The molecule has 98 valence electrons. The average Bonchev–Trinajstić information content (AvgIpc) is 2.37. The highest BCUT2D eigenvalue weighted by Crippen LogP contribution is 2.08. The van der Waals surface area contributed by atoms with Crippen LogP contribution in [0.3, 0.4) is 0 Å². The summed E-state index contributed by atoms with van der Waals surface area (Å²) in [5.74, 6) is -1.15. The van der Waals surface area contributed by atoms with E-state index in [1.807, 2.05) is 0 Å². The molecular formula is C13H17FN2O2. The highest BCUT2D eigenvalue weighted by atomic mass is 19.1. The minimum atomic E-state index is -0.497. The lowest BCUT2D eigenvalue weighted by Gasteiger charge is -2.12. The second kappa shape index (κ2) is 6.86. The molecular weight excluding hydrogens is 235 g/mol. The van der Waals surface area contributed by atoms with Gasteiger partial charge in [0.1, 0.15) is 11.6 Å². The Balaban J connectivity index is 2.55. The Bertz CT molecular complexity index is 418. The molecule has 1 atom stereocenters. The maximum Gasteiger partial charge on any atom is 0.224 e. The van der Waals surface area contributed by atoms with Crippen molar-refractivity contribution in [1.29, 1.82) is 0 Å². The van der Waals surface area contributed by atoms with Crippen LogP contribution in [0.15, 0.2) is 24.3 Å². The lowest BCUT2D eigenvalue weighted by atomic mass is 9.97. The Labute approximate surface area is 105 Å². The van der Waals surface area contributed by atoms with Crippen LogP contribution in [-0.2, 0) is 16.0 Å². The highest BCUT2D eigenvalue weighted by molar-refractivity contribution is 5.87. The van der Waals surface area contributed by atoms with Gasteiger partial charge in [0.2, 0.25) is 5.91 Å². The van der Waals surface area contributed by atoms with Crippen molar-refractivity contribution < 1.29 is 14.0 Å². The van der Waals surface area contributed by atoms with Crippen molar-refractivity contribution in [2.45, 2.75) is 12.8 Å². The molecule has 0 aliphatic carbocycles. The number of amides is 1. The molecule has 1 amide bonds. The summed E-state index contributed by atoms with van der Waals surface area (Å²) in [7, 11) is 1.51. The van der Waals surface area contributed by atoms with Gasteiger partial charge in [-0.15, -0.1) is 0 Å². The van der Waals surface area contributed by atoms with Crippen LogP contribution in [0.1, 0.15) is 12.0 Å². The van der Waals surface area contributed by atoms with Gasteiger partial charge in [0.15, 0.2) is 0 Å². The van der Waals surface area contributed by atoms with Crippen LogP contribution in [0.2, 0.25) is 0 Å². The average molecular weight is 252 g/mol. The maximum absolute atomic E-state index is 12.7. The van der Waals surface area contributed by atoms with Crippen molar-refractivity contribution >= 4 is 11.7 Å². The van der Waals surface area contributed by atoms with Gasteiger partial charge in [-0.3, -0.25) is 9.59 Å². The number of nitrogens with one attached hydrogen (secondary N) is 1. The highest BCUT2D eigenvalue weighted by Gasteiger charge is 2.19. The van der Waals surface area contributed by atoms with E-state index in [1.165, 1.54) is 19.2 Å². The van der Waals surface area contributed by atoms with E-state index >= 15 is 0 Å². The molecule has 4 nitrogen and oxygen atoms in total. The van der Waals surface area contributed by atoms with Crippen molar-refractivity contribution in [2.75, 3.05) is 13.6 Å². The molecule has 18 heavy (non-hydrogen) atoms. The molecule has 0 saturated carbocycles. The zero-order chi connectivity index (χ0) is 13.5. The number of hydrogen-bond donors (Lipinski definition) is 2. The standard InChI is InChI=1S/C13H17FN2O2/c1-16-13(18)10(8-15)7-12(17)6-9-2-4-11(14)5-3-9/h2-5,10H,6-8,15H2,1H3,(H,16,18). The fourth-order valence-corrected chi connectivity index (χ4v) is 1.66. The van der Waals surface area contributed by atoms with E-state index in [1.54, 1.807) is 12.1 Å². The van der Waals surface area contributed by atoms with Crippen LogP contribution in [-0.4, -0.2) is 25.3 Å². The predicted octanol–water partition coefficient (Wildman–Crippen LogP) is 0.648. The van der Waals surface area contributed by atoms with E-state index in [-0.39, 0.29) is 36.9 Å². The van der Waals surface area contributed by atoms with Gasteiger partial charge in [0, 0.05) is 26.4 Å². The number of benzene rings is 1. The van der Waals surface area contributed by atoms with Crippen LogP contribution in [0.5, 0.6) is 0 Å². The molecule has 0 fully saturated rings. The first-order valence-corrected chi connectivity index (χ1v) is 5.74. The van der Waals surface area contributed by atoms with Gasteiger partial charge in [-0.25, -0.2) is 4.39 Å². The number of halogens is 1. The van der Waals surface area contributed by atoms with Crippen molar-refractivity contribution in [3.8, 4) is 0 Å². The van der Waals surface area contributed by atoms with E-state index in [0.717, 1.165) is 5.56 Å². The molecule has 0 aromatic heterocycles. The molecule has 0 aliphatic heterocycles. The largest absolute Gasteiger partial charge is 0.359 e. The van der Waals surface area contributed by atoms with Crippen LogP contribution < -0.4 is 11.1 Å². The first-order chi connectivity index (χ1) is 8.56. The topological polar surface area (TPSA) is 72.2 Å². The zero-order valence-electron chi connectivity index (χ0n) is 10.3. The summed E-state index contributed by atoms with van der Waals surface area (Å²) >= 11 is 0. The van der Waals surface area contributed by atoms with Crippen molar-refractivity contribution in [1.82, 2.24) is 5.32 Å². The third kappa shape index (κ3) is 4.25. The SMILES string of the molecule is CNC(=O)C(CN)CC(=O)Cc1ccc(F)cc1. The minimum absolute atomic E-state index is 0.0827. The molecule has 0 saturated heterocycles. The van der Waals surface area contributed by atoms with Gasteiger partial charge >= 0.3 is 0 Å². The molecule has 0 radical (unpaired) electrons. The maximum atomic E-state index is 12.7. The van der Waals surface area contributed by atoms with Gasteiger partial charge in [0.05, 0.1) is 5.92 Å². The number of carbonyl (C=O) groups excluding carboxylic acids is 2. The summed E-state index contributed by atoms with van der Waals surface area (Å²) in [6, 6.07) is 5.73. The summed E-state index contributed by atoms with van der Waals surface area (Å²) in [5, 5.41) is 2.47. The summed E-state index contributed by atoms with van der Waals surface area (Å²) < 4.78 is 12.7. The summed E-state index contributed by atoms with van der Waals surface area (Å²) in [5.41, 5.74) is 6.18. The van der Waals surface area contributed by atoms with Crippen LogP contribution in [0.25, 0.3) is 0 Å². The zero-order valence-corrected chi connectivity index (χ0v) is 10.3. The summed E-state index contributed by atoms with van der Waals surface area (Å²) in [4.78, 5) is 23.1. The molecule has 1 rings (SSSR count). The van der Waals surface area contributed by atoms with Crippen LogP contribution in [0.4, 0.5) is 4.39 Å². The molecule has 0 aliphatic rings. The first kappa shape index (κ1) is 14.3. The van der Waals surface area contributed by atoms with E-state index in [2.05, 4.69) is 5.32 Å². The Hall–Kier alpha value is -1.75. The smallest absolute Gasteiger partial charge is 0.224 e. The second-order valence-electron chi connectivity index (χ2n) is 4.09. The molecule has 3 N–H and O–H groups in total. The Kier molecular flexibility index (Phi) is 5.45. The van der Waals surface area contributed by atoms with E-state index in [9.17, 15) is 14.0 Å². The first-order valence-electron chi connectivity index (χ1n) is 5.74. The molecule has 1 unspecified atom stereocenters. The second-order valence-corrected chi connectivity index (χ2v) is 4.09. The number of nitrogens with two attached hydrogens (primary N) is 1. The number of hydrogen-bond acceptors (Lipinski definition) is 3. The van der Waals surface area contributed by atoms with Crippen LogP contribution >= 0.6 is 0 Å². The summed E-state index contributed by atoms with van der Waals surface area (Å²) in [6.45, 7) is 0.134. The summed E-state index contributed by atoms with van der Waals surface area (Å²) in [6.07, 6.45) is 0.293. The Morgan fingerprint density at radius 1 is 1.33 bits per heavy atom. The fourth-order valence-electron chi connectivity index (χ4n) is 1.66. The van der Waals surface area contributed by atoms with Crippen molar-refractivity contribution in [2.24, 2.45) is 11.7 Å². The molecule has 0 heterocycles. The molecule has 5 heteroatoms. The Morgan fingerprint density at radius 3 is 2.44 bits per heavy atom. The van der Waals surface area contributed by atoms with Crippen molar-refractivity contribution in [3.63, 3.8) is 0 Å². The quantitative estimate of drug-likeness (QED) is 0.780. The normalized spacial score (nSPS) is 11.9. The van der Waals surface area contributed by atoms with Gasteiger partial charge in [-0.2, -0.15) is 0 Å². The van der Waals surface area contributed by atoms with E-state index < -0.39 is 5.92 Å². The number of ketones is 1. The van der Waals surface area contributed by atoms with Gasteiger partial charge in [-0.1, -0.05) is 12.1 Å². The van der Waals surface area contributed by atoms with Crippen molar-refractivity contribution in [3.05, 3.63) is 35.6 Å². The molecule has 1 aromatic carbocycles. The van der Waals surface area contributed by atoms with E-state index in [0.29, 0.717) is 0 Å². The monoisotopic (exact) mass is 252 g/mol. The molecule has 1 aromatic rings. The number of Topliss-reactive ketones (excluding diaryl/α,β-unsaturated/α-hetero) is 1. The predicted molar refractivity (Wildman–Crippen MR) is 66.3 cm³/mol. The lowest BCUT2D eigenvalue weighted by Crippen LogP contribution is -2.34. The third-order valence-electron chi connectivity index (χ3n) is 2.69. The number of rotatable bonds is 6. The van der Waals surface area contributed by atoms with E-state index in [4.69, 9.17) is 5.73 Å². The van der Waals surface area contributed by atoms with Crippen LogP contribution in [0, 0.1) is 11.7 Å². The molecule has 0 spiro atoms. The Morgan fingerprint density at radius 2 is 1.94 bits per heavy atom. The van der Waals surface area contributed by atoms with Gasteiger partial charge in [0.25, 0.3) is 0 Å². The lowest BCUT2D eigenvalue weighted by molar-refractivity contribution is -0.128. The molecule has 0 bridgehead atoms.